The molecule has 0 bridgehead atoms. The molecule has 0 radical (unpaired) electrons. The van der Waals surface area contributed by atoms with E-state index in [2.05, 4.69) is 0 Å². The van der Waals surface area contributed by atoms with Gasteiger partial charge in [0, 0.05) is 0 Å². The van der Waals surface area contributed by atoms with Crippen molar-refractivity contribution in [3.05, 3.63) is 24.2 Å². The molecule has 1 heterocycles. The second-order valence-electron chi connectivity index (χ2n) is 6.22. The summed E-state index contributed by atoms with van der Waals surface area (Å²) in [7, 11) is 1.33. The van der Waals surface area contributed by atoms with Crippen LogP contribution in [0.5, 0.6) is 0 Å². The van der Waals surface area contributed by atoms with Gasteiger partial charge in [0.25, 0.3) is 0 Å². The highest BCUT2D eigenvalue weighted by molar-refractivity contribution is 5.86. The van der Waals surface area contributed by atoms with Gasteiger partial charge in [0.1, 0.15) is 13.2 Å². The molecule has 0 aliphatic heterocycles. The standard InChI is InChI=1S/C18H26O7/c1-11(2)15(18(21)22-5)12(3)13(4)16(19)24-9-10-25-17(20)14-7-6-8-23-14/h6-8,11-13,15H,9-10H2,1-5H3. The van der Waals surface area contributed by atoms with Gasteiger partial charge in [-0.15, -0.1) is 0 Å². The Labute approximate surface area is 147 Å². The molecular weight excluding hydrogens is 328 g/mol. The zero-order valence-electron chi connectivity index (χ0n) is 15.3. The number of ether oxygens (including phenoxy) is 3. The molecule has 7 heteroatoms. The van der Waals surface area contributed by atoms with E-state index in [0.717, 1.165) is 0 Å². The molecule has 0 N–H and O–H groups in total. The predicted octanol–water partition coefficient (Wildman–Crippen LogP) is 2.70. The number of hydrogen-bond acceptors (Lipinski definition) is 7. The second kappa shape index (κ2) is 9.86. The molecule has 1 aromatic rings. The quantitative estimate of drug-likeness (QED) is 0.382. The minimum atomic E-state index is -0.618. The SMILES string of the molecule is COC(=O)C(C(C)C)C(C)C(C)C(=O)OCCOC(=O)c1ccco1. The zero-order chi connectivity index (χ0) is 19.0. The Morgan fingerprint density at radius 2 is 1.68 bits per heavy atom. The van der Waals surface area contributed by atoms with Crippen molar-refractivity contribution < 1.29 is 33.0 Å². The van der Waals surface area contributed by atoms with Crippen LogP contribution in [0.1, 0.15) is 38.2 Å². The Bertz CT molecular complexity index is 562. The molecular formula is C18H26O7. The van der Waals surface area contributed by atoms with E-state index in [9.17, 15) is 14.4 Å². The van der Waals surface area contributed by atoms with E-state index < -0.39 is 23.8 Å². The Hall–Kier alpha value is -2.31. The van der Waals surface area contributed by atoms with Crippen LogP contribution in [-0.2, 0) is 23.8 Å². The average molecular weight is 354 g/mol. The van der Waals surface area contributed by atoms with E-state index in [-0.39, 0.29) is 36.8 Å². The summed E-state index contributed by atoms with van der Waals surface area (Å²) < 4.78 is 19.8. The fourth-order valence-corrected chi connectivity index (χ4v) is 2.63. The first kappa shape index (κ1) is 20.7. The first-order chi connectivity index (χ1) is 11.8. The number of methoxy groups -OCH3 is 1. The van der Waals surface area contributed by atoms with Gasteiger partial charge < -0.3 is 18.6 Å². The lowest BCUT2D eigenvalue weighted by Crippen LogP contribution is -2.35. The first-order valence-corrected chi connectivity index (χ1v) is 8.24. The molecule has 140 valence electrons. The monoisotopic (exact) mass is 354 g/mol. The highest BCUT2D eigenvalue weighted by Gasteiger charge is 2.35. The smallest absolute Gasteiger partial charge is 0.374 e. The van der Waals surface area contributed by atoms with Crippen LogP contribution in [0.3, 0.4) is 0 Å². The van der Waals surface area contributed by atoms with E-state index in [1.807, 2.05) is 20.8 Å². The molecule has 0 saturated heterocycles. The van der Waals surface area contributed by atoms with Crippen molar-refractivity contribution in [3.8, 4) is 0 Å². The van der Waals surface area contributed by atoms with Crippen molar-refractivity contribution in [2.75, 3.05) is 20.3 Å². The van der Waals surface area contributed by atoms with Crippen LogP contribution in [0.4, 0.5) is 0 Å². The highest BCUT2D eigenvalue weighted by atomic mass is 16.6. The van der Waals surface area contributed by atoms with E-state index in [0.29, 0.717) is 0 Å². The topological polar surface area (TPSA) is 92.0 Å². The van der Waals surface area contributed by atoms with Crippen LogP contribution in [-0.4, -0.2) is 38.2 Å². The van der Waals surface area contributed by atoms with Crippen LogP contribution in [0.15, 0.2) is 22.8 Å². The summed E-state index contributed by atoms with van der Waals surface area (Å²) in [5.41, 5.74) is 0. The highest BCUT2D eigenvalue weighted by Crippen LogP contribution is 2.29. The summed E-state index contributed by atoms with van der Waals surface area (Å²) in [6.45, 7) is 7.21. The maximum atomic E-state index is 12.2. The third-order valence-electron chi connectivity index (χ3n) is 4.20. The van der Waals surface area contributed by atoms with E-state index in [4.69, 9.17) is 18.6 Å². The van der Waals surface area contributed by atoms with Crippen LogP contribution in [0, 0.1) is 23.7 Å². The molecule has 0 spiro atoms. The number of esters is 3. The maximum absolute atomic E-state index is 12.2. The molecule has 1 rings (SSSR count). The van der Waals surface area contributed by atoms with Gasteiger partial charge in [-0.2, -0.15) is 0 Å². The number of carbonyl (C=O) groups is 3. The Kier molecular flexibility index (Phi) is 8.18. The summed E-state index contributed by atoms with van der Waals surface area (Å²) in [5.74, 6) is -2.42. The van der Waals surface area contributed by atoms with E-state index >= 15 is 0 Å². The molecule has 3 atom stereocenters. The maximum Gasteiger partial charge on any atom is 0.374 e. The largest absolute Gasteiger partial charge is 0.469 e. The molecule has 1 aromatic heterocycles. The van der Waals surface area contributed by atoms with Gasteiger partial charge in [0.2, 0.25) is 5.76 Å². The van der Waals surface area contributed by atoms with Crippen molar-refractivity contribution >= 4 is 17.9 Å². The molecule has 7 nitrogen and oxygen atoms in total. The summed E-state index contributed by atoms with van der Waals surface area (Å²) in [5, 5.41) is 0. The lowest BCUT2D eigenvalue weighted by molar-refractivity contribution is -0.156. The van der Waals surface area contributed by atoms with Gasteiger partial charge in [0.05, 0.1) is 25.2 Å². The molecule has 0 saturated carbocycles. The van der Waals surface area contributed by atoms with Gasteiger partial charge in [-0.3, -0.25) is 9.59 Å². The number of carbonyl (C=O) groups excluding carboxylic acids is 3. The first-order valence-electron chi connectivity index (χ1n) is 8.24. The summed E-state index contributed by atoms with van der Waals surface area (Å²) in [6, 6.07) is 3.06. The third-order valence-corrected chi connectivity index (χ3v) is 4.20. The Morgan fingerprint density at radius 3 is 2.20 bits per heavy atom. The molecule has 3 unspecified atom stereocenters. The van der Waals surface area contributed by atoms with Crippen molar-refractivity contribution in [3.63, 3.8) is 0 Å². The van der Waals surface area contributed by atoms with Crippen molar-refractivity contribution in [1.29, 1.82) is 0 Å². The van der Waals surface area contributed by atoms with Gasteiger partial charge >= 0.3 is 17.9 Å². The number of rotatable bonds is 9. The minimum Gasteiger partial charge on any atom is -0.469 e. The van der Waals surface area contributed by atoms with Crippen LogP contribution >= 0.6 is 0 Å². The summed E-state index contributed by atoms with van der Waals surface area (Å²) in [6.07, 6.45) is 1.37. The molecule has 0 fully saturated rings. The second-order valence-corrected chi connectivity index (χ2v) is 6.22. The van der Waals surface area contributed by atoms with E-state index in [1.54, 1.807) is 13.0 Å². The van der Waals surface area contributed by atoms with Crippen molar-refractivity contribution in [2.45, 2.75) is 27.7 Å². The summed E-state index contributed by atoms with van der Waals surface area (Å²) >= 11 is 0. The molecule has 0 aliphatic carbocycles. The predicted molar refractivity (Wildman–Crippen MR) is 88.6 cm³/mol. The summed E-state index contributed by atoms with van der Waals surface area (Å²) in [4.78, 5) is 35.6. The lowest BCUT2D eigenvalue weighted by Gasteiger charge is -2.28. The van der Waals surface area contributed by atoms with Gasteiger partial charge in [-0.1, -0.05) is 27.7 Å². The number of hydrogen-bond donors (Lipinski definition) is 0. The molecule has 0 aromatic carbocycles. The third kappa shape index (κ3) is 5.92. The lowest BCUT2D eigenvalue weighted by atomic mass is 9.78. The van der Waals surface area contributed by atoms with Gasteiger partial charge in [-0.25, -0.2) is 4.79 Å². The normalized spacial score (nSPS) is 14.5. The number of furan rings is 1. The fourth-order valence-electron chi connectivity index (χ4n) is 2.63. The van der Waals surface area contributed by atoms with Crippen LogP contribution < -0.4 is 0 Å². The average Bonchev–Trinajstić information content (AvgIpc) is 3.11. The minimum absolute atomic E-state index is 0.0342. The van der Waals surface area contributed by atoms with Crippen molar-refractivity contribution in [2.24, 2.45) is 23.7 Å². The Balaban J connectivity index is 2.44. The molecule has 0 aliphatic rings. The van der Waals surface area contributed by atoms with Crippen LogP contribution in [0.25, 0.3) is 0 Å². The molecule has 25 heavy (non-hydrogen) atoms. The molecule has 0 amide bonds. The van der Waals surface area contributed by atoms with E-state index in [1.165, 1.54) is 19.4 Å². The van der Waals surface area contributed by atoms with Crippen LogP contribution in [0.2, 0.25) is 0 Å². The fraction of sp³-hybridized carbons (Fsp3) is 0.611. The van der Waals surface area contributed by atoms with Crippen molar-refractivity contribution in [1.82, 2.24) is 0 Å². The van der Waals surface area contributed by atoms with Gasteiger partial charge in [-0.05, 0) is 24.0 Å². The van der Waals surface area contributed by atoms with Gasteiger partial charge in [0.15, 0.2) is 0 Å². The Morgan fingerprint density at radius 1 is 1.04 bits per heavy atom. The zero-order valence-corrected chi connectivity index (χ0v) is 15.3.